The van der Waals surface area contributed by atoms with Crippen LogP contribution in [0, 0.1) is 18.8 Å². The zero-order valence-electron chi connectivity index (χ0n) is 12.9. The van der Waals surface area contributed by atoms with Crippen LogP contribution in [0.1, 0.15) is 36.6 Å². The van der Waals surface area contributed by atoms with Gasteiger partial charge in [-0.1, -0.05) is 0 Å². The molecule has 1 aromatic carbocycles. The van der Waals surface area contributed by atoms with Gasteiger partial charge in [0.1, 0.15) is 0 Å². The number of hydrogen-bond donors (Lipinski definition) is 1. The van der Waals surface area contributed by atoms with Crippen molar-refractivity contribution >= 4 is 10.9 Å². The molecule has 5 atom stereocenters. The average Bonchev–Trinajstić information content (AvgIpc) is 3.08. The first kappa shape index (κ1) is 12.1. The van der Waals surface area contributed by atoms with E-state index in [1.807, 2.05) is 6.20 Å². The summed E-state index contributed by atoms with van der Waals surface area (Å²) in [6.07, 6.45) is 5.64. The molecule has 0 spiro atoms. The van der Waals surface area contributed by atoms with Crippen LogP contribution in [0.5, 0.6) is 0 Å². The molecule has 1 N–H and O–H groups in total. The predicted octanol–water partition coefficient (Wildman–Crippen LogP) is 2.51. The van der Waals surface area contributed by atoms with Crippen molar-refractivity contribution in [2.75, 3.05) is 13.2 Å². The van der Waals surface area contributed by atoms with Crippen LogP contribution in [0.2, 0.25) is 0 Å². The highest BCUT2D eigenvalue weighted by molar-refractivity contribution is 5.82. The Balaban J connectivity index is 1.49. The Labute approximate surface area is 129 Å². The molecule has 3 aliphatic heterocycles. The fourth-order valence-corrected chi connectivity index (χ4v) is 5.50. The van der Waals surface area contributed by atoms with Crippen molar-refractivity contribution in [2.45, 2.75) is 43.9 Å². The van der Waals surface area contributed by atoms with E-state index in [1.54, 1.807) is 5.56 Å². The summed E-state index contributed by atoms with van der Waals surface area (Å²) < 4.78 is 8.08. The zero-order valence-corrected chi connectivity index (χ0v) is 12.9. The molecule has 2 bridgehead atoms. The number of nitrogens with zero attached hydrogens (tertiary/aromatic N) is 2. The summed E-state index contributed by atoms with van der Waals surface area (Å²) in [6.45, 7) is 4.35. The fraction of sp³-hybridized carbons (Fsp3) is 0.611. The van der Waals surface area contributed by atoms with Crippen LogP contribution in [0.25, 0.3) is 10.9 Å². The summed E-state index contributed by atoms with van der Waals surface area (Å²) >= 11 is 0. The molecule has 4 heteroatoms. The summed E-state index contributed by atoms with van der Waals surface area (Å²) in [5, 5.41) is 9.57. The van der Waals surface area contributed by atoms with E-state index >= 15 is 0 Å². The van der Waals surface area contributed by atoms with Gasteiger partial charge < -0.3 is 10.1 Å². The van der Waals surface area contributed by atoms with Crippen molar-refractivity contribution in [2.24, 2.45) is 11.8 Å². The maximum atomic E-state index is 5.95. The van der Waals surface area contributed by atoms with Crippen molar-refractivity contribution in [3.63, 3.8) is 0 Å². The molecule has 3 saturated heterocycles. The van der Waals surface area contributed by atoms with E-state index in [4.69, 9.17) is 4.74 Å². The van der Waals surface area contributed by atoms with E-state index in [0.717, 1.165) is 30.9 Å². The Morgan fingerprint density at radius 1 is 1.36 bits per heavy atom. The maximum absolute atomic E-state index is 5.95. The molecular weight excluding hydrogens is 274 g/mol. The SMILES string of the molecule is Cc1cc2cnn(C3CCCCO3)c2cc1C12C3CNC1C32. The summed E-state index contributed by atoms with van der Waals surface area (Å²) in [6, 6.07) is 5.52. The molecule has 114 valence electrons. The minimum absolute atomic E-state index is 0.128. The number of piperidine rings is 1. The molecule has 2 saturated carbocycles. The van der Waals surface area contributed by atoms with Gasteiger partial charge in [-0.2, -0.15) is 5.10 Å². The third-order valence-electron chi connectivity index (χ3n) is 6.65. The van der Waals surface area contributed by atoms with E-state index in [-0.39, 0.29) is 6.23 Å². The number of aryl methyl sites for hydroxylation is 1. The van der Waals surface area contributed by atoms with Crippen LogP contribution in [0.3, 0.4) is 0 Å². The second-order valence-electron chi connectivity index (χ2n) is 7.59. The monoisotopic (exact) mass is 295 g/mol. The second kappa shape index (κ2) is 3.74. The number of ether oxygens (including phenoxy) is 1. The molecule has 5 fully saturated rings. The quantitative estimate of drug-likeness (QED) is 0.925. The Kier molecular flexibility index (Phi) is 2.05. The molecule has 0 radical (unpaired) electrons. The van der Waals surface area contributed by atoms with Crippen LogP contribution in [-0.4, -0.2) is 29.0 Å². The summed E-state index contributed by atoms with van der Waals surface area (Å²) in [7, 11) is 0. The van der Waals surface area contributed by atoms with Gasteiger partial charge in [-0.05, 0) is 67.8 Å². The average molecular weight is 295 g/mol. The van der Waals surface area contributed by atoms with Gasteiger partial charge in [-0.25, -0.2) is 4.68 Å². The van der Waals surface area contributed by atoms with Gasteiger partial charge in [0.25, 0.3) is 0 Å². The smallest absolute Gasteiger partial charge is 0.150 e. The summed E-state index contributed by atoms with van der Waals surface area (Å²) in [5.74, 6) is 1.82. The van der Waals surface area contributed by atoms with Crippen LogP contribution < -0.4 is 5.32 Å². The molecule has 5 aliphatic rings. The molecule has 7 rings (SSSR count). The Morgan fingerprint density at radius 3 is 3.05 bits per heavy atom. The van der Waals surface area contributed by atoms with Crippen LogP contribution >= 0.6 is 0 Å². The third-order valence-corrected chi connectivity index (χ3v) is 6.65. The Morgan fingerprint density at radius 2 is 2.32 bits per heavy atom. The molecule has 4 heterocycles. The molecule has 4 nitrogen and oxygen atoms in total. The van der Waals surface area contributed by atoms with Crippen molar-refractivity contribution < 1.29 is 4.74 Å². The molecular formula is C18H21N3O. The first-order valence-electron chi connectivity index (χ1n) is 8.65. The highest BCUT2D eigenvalue weighted by atomic mass is 16.5. The van der Waals surface area contributed by atoms with Gasteiger partial charge in [-0.15, -0.1) is 0 Å². The first-order valence-corrected chi connectivity index (χ1v) is 8.65. The first-order chi connectivity index (χ1) is 10.8. The Bertz CT molecular complexity index is 767. The van der Waals surface area contributed by atoms with E-state index in [9.17, 15) is 0 Å². The van der Waals surface area contributed by atoms with Gasteiger partial charge in [0.15, 0.2) is 6.23 Å². The molecule has 22 heavy (non-hydrogen) atoms. The molecule has 1 aromatic heterocycles. The van der Waals surface area contributed by atoms with Gasteiger partial charge in [0.2, 0.25) is 0 Å². The lowest BCUT2D eigenvalue weighted by atomic mass is 9.93. The fourth-order valence-electron chi connectivity index (χ4n) is 5.50. The highest BCUT2D eigenvalue weighted by Crippen LogP contribution is 2.83. The highest BCUT2D eigenvalue weighted by Gasteiger charge is 2.90. The third kappa shape index (κ3) is 1.23. The summed E-state index contributed by atoms with van der Waals surface area (Å²) in [4.78, 5) is 0. The van der Waals surface area contributed by atoms with E-state index < -0.39 is 0 Å². The Hall–Kier alpha value is -1.39. The van der Waals surface area contributed by atoms with Gasteiger partial charge in [0, 0.05) is 23.4 Å². The second-order valence-corrected chi connectivity index (χ2v) is 7.59. The number of benzene rings is 1. The largest absolute Gasteiger partial charge is 0.356 e. The van der Waals surface area contributed by atoms with Crippen LogP contribution in [0.15, 0.2) is 18.3 Å². The van der Waals surface area contributed by atoms with E-state index in [0.29, 0.717) is 5.41 Å². The van der Waals surface area contributed by atoms with Crippen LogP contribution in [-0.2, 0) is 10.2 Å². The van der Waals surface area contributed by atoms with Crippen molar-refractivity contribution in [1.82, 2.24) is 15.1 Å². The lowest BCUT2D eigenvalue weighted by molar-refractivity contribution is -0.0366. The van der Waals surface area contributed by atoms with E-state index in [2.05, 4.69) is 34.2 Å². The van der Waals surface area contributed by atoms with Crippen LogP contribution in [0.4, 0.5) is 0 Å². The normalized spacial score (nSPS) is 41.7. The van der Waals surface area contributed by atoms with E-state index in [1.165, 1.54) is 35.9 Å². The van der Waals surface area contributed by atoms with Crippen molar-refractivity contribution in [3.8, 4) is 0 Å². The number of aromatic nitrogens is 2. The minimum atomic E-state index is 0.128. The zero-order chi connectivity index (χ0) is 14.5. The summed E-state index contributed by atoms with van der Waals surface area (Å²) in [5.41, 5.74) is 4.76. The topological polar surface area (TPSA) is 39.1 Å². The maximum Gasteiger partial charge on any atom is 0.150 e. The molecule has 2 aromatic rings. The molecule has 0 amide bonds. The number of fused-ring (bicyclic) bond motifs is 2. The van der Waals surface area contributed by atoms with Crippen molar-refractivity contribution in [3.05, 3.63) is 29.5 Å². The van der Waals surface area contributed by atoms with Gasteiger partial charge in [-0.3, -0.25) is 0 Å². The number of nitrogens with one attached hydrogen (secondary N) is 1. The molecule has 5 unspecified atom stereocenters. The van der Waals surface area contributed by atoms with Gasteiger partial charge >= 0.3 is 0 Å². The van der Waals surface area contributed by atoms with Gasteiger partial charge in [0.05, 0.1) is 11.7 Å². The standard InChI is InChI=1S/C18H21N3O/c1-10-6-11-8-20-21(15-4-2-3-5-22-15)14(11)7-12(10)18-13-9-19-17(18)16(13)18/h6-8,13,15-17,19H,2-5,9H2,1H3. The number of hydrogen-bond acceptors (Lipinski definition) is 3. The predicted molar refractivity (Wildman–Crippen MR) is 83.8 cm³/mol. The lowest BCUT2D eigenvalue weighted by Crippen LogP contribution is -2.19. The lowest BCUT2D eigenvalue weighted by Gasteiger charge is -2.24. The molecule has 2 aliphatic carbocycles. The van der Waals surface area contributed by atoms with Crippen molar-refractivity contribution in [1.29, 1.82) is 0 Å². The number of rotatable bonds is 2. The minimum Gasteiger partial charge on any atom is -0.356 e.